The van der Waals surface area contributed by atoms with E-state index in [-0.39, 0.29) is 0 Å². The first-order valence-electron chi connectivity index (χ1n) is 9.90. The van der Waals surface area contributed by atoms with Crippen LogP contribution in [0.5, 0.6) is 0 Å². The van der Waals surface area contributed by atoms with Gasteiger partial charge in [-0.25, -0.2) is 0 Å². The van der Waals surface area contributed by atoms with Gasteiger partial charge in [0.15, 0.2) is 0 Å². The Balaban J connectivity index is 1.65. The van der Waals surface area contributed by atoms with Crippen LogP contribution >= 0.6 is 0 Å². The first-order valence-corrected chi connectivity index (χ1v) is 9.90. The van der Waals surface area contributed by atoms with Gasteiger partial charge in [0.05, 0.1) is 6.61 Å². The van der Waals surface area contributed by atoms with Crippen molar-refractivity contribution in [2.24, 2.45) is 0 Å². The van der Waals surface area contributed by atoms with Crippen LogP contribution in [0.25, 0.3) is 0 Å². The number of rotatable bonds is 4. The van der Waals surface area contributed by atoms with Crippen molar-refractivity contribution in [1.29, 1.82) is 0 Å². The molecule has 28 heavy (non-hydrogen) atoms. The Labute approximate surface area is 165 Å². The van der Waals surface area contributed by atoms with E-state index >= 15 is 0 Å². The third kappa shape index (κ3) is 3.38. The molecule has 0 aromatic heterocycles. The summed E-state index contributed by atoms with van der Waals surface area (Å²) < 4.78 is 5.78. The summed E-state index contributed by atoms with van der Waals surface area (Å²) in [5.41, 5.74) is 8.14. The van der Waals surface area contributed by atoms with Gasteiger partial charge in [0.25, 0.3) is 0 Å². The number of hydrogen-bond acceptors (Lipinski definition) is 5. The van der Waals surface area contributed by atoms with Crippen molar-refractivity contribution in [3.05, 3.63) is 69.3 Å². The molecule has 0 saturated carbocycles. The van der Waals surface area contributed by atoms with E-state index in [2.05, 4.69) is 31.2 Å². The number of benzene rings is 2. The quantitative estimate of drug-likeness (QED) is 0.642. The van der Waals surface area contributed by atoms with Crippen molar-refractivity contribution in [1.82, 2.24) is 0 Å². The molecule has 2 aromatic carbocycles. The molecule has 0 radical (unpaired) electrons. The third-order valence-corrected chi connectivity index (χ3v) is 6.25. The van der Waals surface area contributed by atoms with Crippen LogP contribution in [0, 0.1) is 13.8 Å². The molecule has 0 amide bonds. The lowest BCUT2D eigenvalue weighted by molar-refractivity contribution is -0.231. The molecule has 1 fully saturated rings. The summed E-state index contributed by atoms with van der Waals surface area (Å²) in [6.07, 6.45) is -2.58. The Hall–Kier alpha value is -1.76. The molecule has 1 saturated heterocycles. The largest absolute Gasteiger partial charge is 0.394 e. The second-order valence-electron chi connectivity index (χ2n) is 8.16. The average Bonchev–Trinajstić information content (AvgIpc) is 2.65. The fraction of sp³-hybridized carbons (Fsp3) is 0.478. The van der Waals surface area contributed by atoms with Gasteiger partial charge in [0.2, 0.25) is 0 Å². The standard InChI is InChI=1S/C23H28O5/c1-12-7-13(2)18(23-22(27)21(26)20(25)19(11-24)28-23)10-17(12)9-14-3-4-15-5-6-16(15)8-14/h3-4,7-8,10,19-27H,5-6,9,11H2,1-2H3/t19-,20-,21+,22-,23+/m1/s1. The van der Waals surface area contributed by atoms with E-state index in [1.807, 2.05) is 13.0 Å². The minimum atomic E-state index is -1.37. The molecule has 0 bridgehead atoms. The molecule has 1 aliphatic carbocycles. The molecule has 0 spiro atoms. The van der Waals surface area contributed by atoms with Crippen molar-refractivity contribution in [3.8, 4) is 0 Å². The van der Waals surface area contributed by atoms with Crippen LogP contribution in [0.3, 0.4) is 0 Å². The maximum atomic E-state index is 10.5. The van der Waals surface area contributed by atoms with Gasteiger partial charge in [-0.1, -0.05) is 30.3 Å². The Bertz CT molecular complexity index is 876. The van der Waals surface area contributed by atoms with Crippen LogP contribution in [0.4, 0.5) is 0 Å². The molecule has 4 N–H and O–H groups in total. The molecule has 1 aliphatic heterocycles. The SMILES string of the molecule is Cc1cc(C)c([C@@H]2O[C@H](CO)[C@@H](O)[C@H](O)[C@H]2O)cc1Cc1ccc2c(c1)CC2. The molecule has 5 heteroatoms. The molecule has 2 aliphatic rings. The van der Waals surface area contributed by atoms with E-state index in [1.165, 1.54) is 23.1 Å². The summed E-state index contributed by atoms with van der Waals surface area (Å²) in [4.78, 5) is 0. The first-order chi connectivity index (χ1) is 13.4. The number of aliphatic hydroxyl groups excluding tert-OH is 4. The van der Waals surface area contributed by atoms with Crippen molar-refractivity contribution >= 4 is 0 Å². The fourth-order valence-electron chi connectivity index (χ4n) is 4.35. The van der Waals surface area contributed by atoms with Gasteiger partial charge >= 0.3 is 0 Å². The zero-order valence-electron chi connectivity index (χ0n) is 16.3. The highest BCUT2D eigenvalue weighted by molar-refractivity contribution is 5.44. The molecule has 4 rings (SSSR count). The van der Waals surface area contributed by atoms with Crippen molar-refractivity contribution in [2.75, 3.05) is 6.61 Å². The normalized spacial score (nSPS) is 29.3. The first kappa shape index (κ1) is 19.6. The molecular weight excluding hydrogens is 356 g/mol. The predicted molar refractivity (Wildman–Crippen MR) is 105 cm³/mol. The van der Waals surface area contributed by atoms with Gasteiger partial charge in [-0.3, -0.25) is 0 Å². The zero-order chi connectivity index (χ0) is 20.0. The fourth-order valence-corrected chi connectivity index (χ4v) is 4.35. The van der Waals surface area contributed by atoms with E-state index in [0.717, 1.165) is 35.1 Å². The van der Waals surface area contributed by atoms with E-state index in [4.69, 9.17) is 4.74 Å². The van der Waals surface area contributed by atoms with Crippen molar-refractivity contribution in [3.63, 3.8) is 0 Å². The topological polar surface area (TPSA) is 90.2 Å². The number of ether oxygens (including phenoxy) is 1. The smallest absolute Gasteiger partial charge is 0.113 e. The highest BCUT2D eigenvalue weighted by Gasteiger charge is 2.44. The van der Waals surface area contributed by atoms with Gasteiger partial charge in [-0.15, -0.1) is 0 Å². The second kappa shape index (κ2) is 7.58. The third-order valence-electron chi connectivity index (χ3n) is 6.25. The second-order valence-corrected chi connectivity index (χ2v) is 8.16. The van der Waals surface area contributed by atoms with Gasteiger partial charge in [0, 0.05) is 0 Å². The van der Waals surface area contributed by atoms with Crippen LogP contribution in [-0.4, -0.2) is 51.4 Å². The number of hydrogen-bond donors (Lipinski definition) is 4. The highest BCUT2D eigenvalue weighted by Crippen LogP contribution is 2.35. The van der Waals surface area contributed by atoms with Crippen molar-refractivity contribution < 1.29 is 25.2 Å². The summed E-state index contributed by atoms with van der Waals surface area (Å²) in [5.74, 6) is 0. The van der Waals surface area contributed by atoms with Crippen LogP contribution < -0.4 is 0 Å². The van der Waals surface area contributed by atoms with Crippen LogP contribution in [-0.2, 0) is 24.0 Å². The predicted octanol–water partition coefficient (Wildman–Crippen LogP) is 1.51. The van der Waals surface area contributed by atoms with Gasteiger partial charge in [-0.2, -0.15) is 0 Å². The Morgan fingerprint density at radius 3 is 2.29 bits per heavy atom. The molecule has 2 aromatic rings. The molecule has 150 valence electrons. The van der Waals surface area contributed by atoms with E-state index in [9.17, 15) is 20.4 Å². The van der Waals surface area contributed by atoms with Gasteiger partial charge in [0.1, 0.15) is 30.5 Å². The van der Waals surface area contributed by atoms with Crippen LogP contribution in [0.15, 0.2) is 30.3 Å². The average molecular weight is 384 g/mol. The summed E-state index contributed by atoms with van der Waals surface area (Å²) in [6, 6.07) is 10.7. The maximum absolute atomic E-state index is 10.5. The monoisotopic (exact) mass is 384 g/mol. The zero-order valence-corrected chi connectivity index (χ0v) is 16.3. The number of aliphatic hydroxyl groups is 4. The van der Waals surface area contributed by atoms with E-state index < -0.39 is 37.1 Å². The molecule has 1 heterocycles. The highest BCUT2D eigenvalue weighted by atomic mass is 16.5. The summed E-state index contributed by atoms with van der Waals surface area (Å²) >= 11 is 0. The lowest BCUT2D eigenvalue weighted by Crippen LogP contribution is -2.55. The van der Waals surface area contributed by atoms with Crippen LogP contribution in [0.1, 0.15) is 45.0 Å². The minimum Gasteiger partial charge on any atom is -0.394 e. The number of aryl methyl sites for hydroxylation is 4. The number of fused-ring (bicyclic) bond motifs is 1. The molecule has 5 nitrogen and oxygen atoms in total. The minimum absolute atomic E-state index is 0.422. The van der Waals surface area contributed by atoms with E-state index in [1.54, 1.807) is 0 Å². The Morgan fingerprint density at radius 1 is 0.893 bits per heavy atom. The molecular formula is C23H28O5. The lowest BCUT2D eigenvalue weighted by Gasteiger charge is -2.40. The molecule has 5 atom stereocenters. The maximum Gasteiger partial charge on any atom is 0.113 e. The van der Waals surface area contributed by atoms with Gasteiger partial charge in [-0.05, 0) is 72.1 Å². The summed E-state index contributed by atoms with van der Waals surface area (Å²) in [5, 5.41) is 40.2. The lowest BCUT2D eigenvalue weighted by atomic mass is 9.84. The van der Waals surface area contributed by atoms with Gasteiger partial charge < -0.3 is 25.2 Å². The Kier molecular flexibility index (Phi) is 5.29. The summed E-state index contributed by atoms with van der Waals surface area (Å²) in [7, 11) is 0. The van der Waals surface area contributed by atoms with Crippen molar-refractivity contribution in [2.45, 2.75) is 63.6 Å². The summed E-state index contributed by atoms with van der Waals surface area (Å²) in [6.45, 7) is 3.59. The molecule has 0 unspecified atom stereocenters. The van der Waals surface area contributed by atoms with E-state index in [0.29, 0.717) is 0 Å². The van der Waals surface area contributed by atoms with Crippen LogP contribution in [0.2, 0.25) is 0 Å². The Morgan fingerprint density at radius 2 is 1.64 bits per heavy atom.